The first-order chi connectivity index (χ1) is 2.41. The predicted molar refractivity (Wildman–Crippen MR) is 15.6 cm³/mol. The third-order valence-corrected chi connectivity index (χ3v) is 0.131. The van der Waals surface area contributed by atoms with Gasteiger partial charge in [-0.05, 0) is 0 Å². The lowest BCUT2D eigenvalue weighted by molar-refractivity contribution is -0.117. The van der Waals surface area contributed by atoms with Crippen LogP contribution in [0.15, 0.2) is 0 Å². The highest BCUT2D eigenvalue weighted by atomic mass is 16.6. The summed E-state index contributed by atoms with van der Waals surface area (Å²) < 4.78 is 0. The second-order valence-electron chi connectivity index (χ2n) is 0.380. The SMILES string of the molecule is [CH2]ONC=O. The fraction of sp³-hybridized carbons (Fsp3) is 0. The van der Waals surface area contributed by atoms with Crippen LogP contribution in [-0.4, -0.2) is 6.41 Å². The molecule has 0 aliphatic rings. The maximum Gasteiger partial charge on any atom is 0.230 e. The summed E-state index contributed by atoms with van der Waals surface area (Å²) in [7, 11) is 2.83. The minimum Gasteiger partial charge on any atom is -0.277 e. The van der Waals surface area contributed by atoms with Crippen LogP contribution in [0.3, 0.4) is 0 Å². The second kappa shape index (κ2) is 3.43. The molecule has 0 aromatic carbocycles. The Balaban J connectivity index is 2.40. The Morgan fingerprint density at radius 1 is 2.00 bits per heavy atom. The third kappa shape index (κ3) is 3.43. The van der Waals surface area contributed by atoms with Gasteiger partial charge in [-0.15, -0.1) is 0 Å². The van der Waals surface area contributed by atoms with Gasteiger partial charge in [-0.2, -0.15) is 0 Å². The molecule has 0 spiro atoms. The largest absolute Gasteiger partial charge is 0.277 e. The van der Waals surface area contributed by atoms with Crippen molar-refractivity contribution in [2.75, 3.05) is 0 Å². The summed E-state index contributed by atoms with van der Waals surface area (Å²) in [6, 6.07) is 0. The fourth-order valence-corrected chi connectivity index (χ4v) is 0.0340. The molecule has 0 aromatic rings. The van der Waals surface area contributed by atoms with E-state index in [1.54, 1.807) is 0 Å². The molecule has 0 rings (SSSR count). The molecule has 29 valence electrons. The van der Waals surface area contributed by atoms with Crippen LogP contribution in [0, 0.1) is 7.11 Å². The van der Waals surface area contributed by atoms with Gasteiger partial charge in [0.1, 0.15) is 7.11 Å². The molecule has 1 radical (unpaired) electrons. The van der Waals surface area contributed by atoms with Crippen LogP contribution < -0.4 is 5.48 Å². The molecule has 1 amide bonds. The monoisotopic (exact) mass is 74.0 g/mol. The normalized spacial score (nSPS) is 6.60. The summed E-state index contributed by atoms with van der Waals surface area (Å²) in [5.41, 5.74) is 1.82. The van der Waals surface area contributed by atoms with Crippen LogP contribution in [0.2, 0.25) is 0 Å². The standard InChI is InChI=1S/C2H4NO2/c1-5-3-2-4/h2H,1H2,(H,3,4). The van der Waals surface area contributed by atoms with Crippen LogP contribution in [-0.2, 0) is 9.63 Å². The molecule has 3 heteroatoms. The molecule has 1 N–H and O–H groups in total. The second-order valence-corrected chi connectivity index (χ2v) is 0.380. The van der Waals surface area contributed by atoms with E-state index in [-0.39, 0.29) is 0 Å². The summed E-state index contributed by atoms with van der Waals surface area (Å²) in [6.45, 7) is 0. The molecular weight excluding hydrogens is 70.0 g/mol. The molecule has 0 fully saturated rings. The van der Waals surface area contributed by atoms with Gasteiger partial charge in [0.25, 0.3) is 0 Å². The quantitative estimate of drug-likeness (QED) is 0.352. The van der Waals surface area contributed by atoms with Crippen LogP contribution in [0.5, 0.6) is 0 Å². The van der Waals surface area contributed by atoms with Crippen molar-refractivity contribution in [3.8, 4) is 0 Å². The summed E-state index contributed by atoms with van der Waals surface area (Å²) in [6.07, 6.45) is 0.396. The number of amides is 1. The maximum absolute atomic E-state index is 9.13. The van der Waals surface area contributed by atoms with E-state index >= 15 is 0 Å². The van der Waals surface area contributed by atoms with E-state index in [2.05, 4.69) is 11.9 Å². The molecule has 0 saturated heterocycles. The number of hydrogen-bond donors (Lipinski definition) is 1. The van der Waals surface area contributed by atoms with Gasteiger partial charge in [0.05, 0.1) is 0 Å². The fourth-order valence-electron chi connectivity index (χ4n) is 0.0340. The summed E-state index contributed by atoms with van der Waals surface area (Å²) in [5.74, 6) is 0. The Kier molecular flexibility index (Phi) is 3.04. The predicted octanol–water partition coefficient (Wildman–Crippen LogP) is -0.544. The smallest absolute Gasteiger partial charge is 0.230 e. The zero-order valence-electron chi connectivity index (χ0n) is 2.60. The van der Waals surface area contributed by atoms with Crippen LogP contribution in [0.4, 0.5) is 0 Å². The third-order valence-electron chi connectivity index (χ3n) is 0.131. The number of nitrogens with one attached hydrogen (secondary N) is 1. The van der Waals surface area contributed by atoms with Crippen molar-refractivity contribution in [3.05, 3.63) is 7.11 Å². The highest BCUT2D eigenvalue weighted by molar-refractivity contribution is 5.43. The molecule has 0 heterocycles. The molecule has 0 aliphatic carbocycles. The first kappa shape index (κ1) is 4.43. The number of hydroxylamine groups is 1. The Morgan fingerprint density at radius 3 is 2.60 bits per heavy atom. The van der Waals surface area contributed by atoms with Crippen molar-refractivity contribution in [2.24, 2.45) is 0 Å². The first-order valence-electron chi connectivity index (χ1n) is 1.02. The molecule has 0 unspecified atom stereocenters. The van der Waals surface area contributed by atoms with Crippen molar-refractivity contribution in [1.82, 2.24) is 5.48 Å². The minimum atomic E-state index is 0.396. The number of carbonyl (C=O) groups excluding carboxylic acids is 1. The van der Waals surface area contributed by atoms with E-state index in [0.29, 0.717) is 6.41 Å². The van der Waals surface area contributed by atoms with Gasteiger partial charge in [-0.1, -0.05) is 0 Å². The van der Waals surface area contributed by atoms with Gasteiger partial charge in [-0.3, -0.25) is 9.63 Å². The van der Waals surface area contributed by atoms with Crippen molar-refractivity contribution in [1.29, 1.82) is 0 Å². The molecular formula is C2H4NO2. The van der Waals surface area contributed by atoms with E-state index in [4.69, 9.17) is 4.79 Å². The molecule has 0 atom stereocenters. The van der Waals surface area contributed by atoms with E-state index in [0.717, 1.165) is 0 Å². The zero-order valence-corrected chi connectivity index (χ0v) is 2.60. The van der Waals surface area contributed by atoms with Crippen LogP contribution in [0.25, 0.3) is 0 Å². The molecule has 0 aliphatic heterocycles. The van der Waals surface area contributed by atoms with Crippen molar-refractivity contribution in [2.45, 2.75) is 0 Å². The molecule has 3 nitrogen and oxygen atoms in total. The van der Waals surface area contributed by atoms with Crippen LogP contribution >= 0.6 is 0 Å². The van der Waals surface area contributed by atoms with Gasteiger partial charge in [0.15, 0.2) is 0 Å². The van der Waals surface area contributed by atoms with Gasteiger partial charge >= 0.3 is 0 Å². The average Bonchev–Trinajstić information content (AvgIpc) is 1.41. The van der Waals surface area contributed by atoms with Gasteiger partial charge in [-0.25, -0.2) is 5.48 Å². The maximum atomic E-state index is 9.13. The van der Waals surface area contributed by atoms with Gasteiger partial charge < -0.3 is 0 Å². The Hall–Kier alpha value is -0.570. The van der Waals surface area contributed by atoms with Crippen molar-refractivity contribution >= 4 is 6.41 Å². The summed E-state index contributed by atoms with van der Waals surface area (Å²) in [4.78, 5) is 13.0. The van der Waals surface area contributed by atoms with Gasteiger partial charge in [0, 0.05) is 0 Å². The molecule has 0 bridgehead atoms. The Bertz CT molecular complexity index is 28.8. The number of carbonyl (C=O) groups is 1. The van der Waals surface area contributed by atoms with Crippen LogP contribution in [0.1, 0.15) is 0 Å². The number of hydrogen-bond acceptors (Lipinski definition) is 2. The lowest BCUT2D eigenvalue weighted by atomic mass is 11.4. The lowest BCUT2D eigenvalue weighted by Gasteiger charge is -1.81. The summed E-state index contributed by atoms with van der Waals surface area (Å²) >= 11 is 0. The number of rotatable bonds is 2. The zero-order chi connectivity index (χ0) is 4.12. The van der Waals surface area contributed by atoms with E-state index < -0.39 is 0 Å². The molecule has 0 aromatic heterocycles. The van der Waals surface area contributed by atoms with Gasteiger partial charge in [0.2, 0.25) is 6.41 Å². The summed E-state index contributed by atoms with van der Waals surface area (Å²) in [5, 5.41) is 0. The first-order valence-corrected chi connectivity index (χ1v) is 1.02. The Morgan fingerprint density at radius 2 is 2.60 bits per heavy atom. The Labute approximate surface area is 29.9 Å². The minimum absolute atomic E-state index is 0.396. The van der Waals surface area contributed by atoms with Crippen molar-refractivity contribution in [3.63, 3.8) is 0 Å². The highest BCUT2D eigenvalue weighted by Gasteiger charge is 1.57. The average molecular weight is 74.1 g/mol. The topological polar surface area (TPSA) is 38.3 Å². The van der Waals surface area contributed by atoms with E-state index in [1.807, 2.05) is 5.48 Å². The van der Waals surface area contributed by atoms with E-state index in [1.165, 1.54) is 0 Å². The van der Waals surface area contributed by atoms with E-state index in [9.17, 15) is 0 Å². The van der Waals surface area contributed by atoms with Crippen molar-refractivity contribution < 1.29 is 9.63 Å². The molecule has 0 saturated carbocycles. The lowest BCUT2D eigenvalue weighted by Crippen LogP contribution is -2.04. The molecule has 5 heavy (non-hydrogen) atoms. The highest BCUT2D eigenvalue weighted by Crippen LogP contribution is 1.41.